The van der Waals surface area contributed by atoms with E-state index in [0.29, 0.717) is 22.3 Å². The van der Waals surface area contributed by atoms with Gasteiger partial charge >= 0.3 is 6.09 Å². The number of carbonyl (C=O) groups excluding carboxylic acids is 8. The summed E-state index contributed by atoms with van der Waals surface area (Å²) in [6, 6.07) is -7.75. The second-order valence-corrected chi connectivity index (χ2v) is 26.8. The molecule has 0 aromatic carbocycles. The zero-order valence-corrected chi connectivity index (χ0v) is 57.1. The Morgan fingerprint density at radius 2 is 1.44 bits per heavy atom. The molecule has 6 rings (SSSR count). The van der Waals surface area contributed by atoms with E-state index in [1.165, 1.54) is 50.4 Å². The zero-order valence-electron chi connectivity index (χ0n) is 53.8. The Labute approximate surface area is 572 Å². The molecule has 23 N–H and O–H groups in total. The van der Waals surface area contributed by atoms with E-state index >= 15 is 4.79 Å². The number of ether oxygens (including phenoxy) is 7. The van der Waals surface area contributed by atoms with Crippen LogP contribution in [0.25, 0.3) is 10.7 Å². The third-order valence-corrected chi connectivity index (χ3v) is 18.0. The number of aliphatic hydroxyl groups is 6. The maximum Gasteiger partial charge on any atom is 0.404 e. The topological polar surface area (TPSA) is 605 Å². The summed E-state index contributed by atoms with van der Waals surface area (Å²) in [4.78, 5) is 131. The minimum absolute atomic E-state index is 0. The number of aromatic amines is 1. The molecule has 2 aliphatic heterocycles. The molecule has 19 atom stereocenters. The molecule has 4 aromatic heterocycles. The average molecular weight is 1450 g/mol. The van der Waals surface area contributed by atoms with Crippen LogP contribution in [0.2, 0.25) is 0 Å². The number of thiazole rings is 2. The highest BCUT2D eigenvalue weighted by Gasteiger charge is 2.54. The first-order chi connectivity index (χ1) is 45.3. The number of primary amides is 3. The van der Waals surface area contributed by atoms with Gasteiger partial charge < -0.3 is 129 Å². The van der Waals surface area contributed by atoms with Crippen LogP contribution < -0.4 is 60.6 Å². The molecular formula is C55H85ClN17O21S3+. The van der Waals surface area contributed by atoms with Crippen LogP contribution in [0.4, 0.5) is 10.6 Å². The second-order valence-electron chi connectivity index (χ2n) is 22.6. The minimum atomic E-state index is -2.14. The van der Waals surface area contributed by atoms with E-state index < -0.39 is 170 Å². The maximum absolute atomic E-state index is 15.2. The number of methoxy groups -OCH3 is 2. The molecule has 8 amide bonds. The number of nitrogens with one attached hydrogen (secondary N) is 7. The Kier molecular flexibility index (Phi) is 31.0. The van der Waals surface area contributed by atoms with Gasteiger partial charge in [0.05, 0.1) is 72.0 Å². The average Bonchev–Trinajstić information content (AvgIpc) is 1.11. The molecule has 2 fully saturated rings. The van der Waals surface area contributed by atoms with Crippen molar-refractivity contribution in [1.29, 1.82) is 0 Å². The van der Waals surface area contributed by atoms with Crippen molar-refractivity contribution in [2.45, 2.75) is 157 Å². The Bertz CT molecular complexity index is 3290. The fraction of sp³-hybridized carbons (Fsp3) is 0.618. The fourth-order valence-corrected chi connectivity index (χ4v) is 12.0. The smallest absolute Gasteiger partial charge is 0.404 e. The first-order valence-electron chi connectivity index (χ1n) is 29.7. The molecule has 2 saturated heterocycles. The number of hydrogen-bond donors (Lipinski definition) is 18. The van der Waals surface area contributed by atoms with E-state index in [1.807, 2.05) is 0 Å². The molecular weight excluding hydrogens is 1370 g/mol. The van der Waals surface area contributed by atoms with Crippen molar-refractivity contribution in [3.63, 3.8) is 0 Å². The van der Waals surface area contributed by atoms with Crippen molar-refractivity contribution < 1.29 is 102 Å². The van der Waals surface area contributed by atoms with Gasteiger partial charge in [0.1, 0.15) is 88.2 Å². The number of imidazole rings is 1. The molecule has 6 heterocycles. The lowest BCUT2D eigenvalue weighted by molar-refractivity contribution is -0.404. The van der Waals surface area contributed by atoms with Crippen molar-refractivity contribution >= 4 is 99.2 Å². The summed E-state index contributed by atoms with van der Waals surface area (Å²) in [5.74, 6) is -7.53. The largest absolute Gasteiger partial charge is 0.440 e. The molecule has 0 unspecified atom stereocenters. The molecule has 0 radical (unpaired) electrons. The number of aliphatic hydroxyl groups excluding tert-OH is 6. The minimum Gasteiger partial charge on any atom is -0.440 e. The molecule has 0 saturated carbocycles. The lowest BCUT2D eigenvalue weighted by Gasteiger charge is -2.46. The van der Waals surface area contributed by atoms with Gasteiger partial charge in [-0.3, -0.25) is 33.6 Å². The Morgan fingerprint density at radius 1 is 0.773 bits per heavy atom. The maximum atomic E-state index is 15.2. The number of nitrogen functional groups attached to an aromatic ring is 1. The van der Waals surface area contributed by atoms with Crippen LogP contribution in [0.5, 0.6) is 0 Å². The molecule has 42 heteroatoms. The second kappa shape index (κ2) is 37.3. The lowest BCUT2D eigenvalue weighted by Crippen LogP contribution is -2.65. The van der Waals surface area contributed by atoms with Gasteiger partial charge in [0.2, 0.25) is 29.5 Å². The van der Waals surface area contributed by atoms with Gasteiger partial charge in [-0.25, -0.2) is 29.7 Å². The highest BCUT2D eigenvalue weighted by molar-refractivity contribution is 7.95. The van der Waals surface area contributed by atoms with Crippen molar-refractivity contribution in [2.24, 2.45) is 28.9 Å². The van der Waals surface area contributed by atoms with Crippen LogP contribution in [0.15, 0.2) is 23.3 Å². The number of carbonyl (C=O) groups is 8. The number of H-pyrrole nitrogens is 1. The van der Waals surface area contributed by atoms with E-state index in [9.17, 15) is 64.2 Å². The SMILES string of the molecule is CO[C@H]1O[C@H](O[C@@H](c2cnc[nH]2)[C@H](NC(=O)c2nc([C@H](CC(N)=O)NC[C@H](N)C(N)=O)nc(N)c2C)C(=O)N[C@H](C)[C@@H](O)[C@H](C)C(=O)N[C@H](C(=O)NCCc2nc(-c3nc(C(=O)NCCC[S+](C)C)cs3)cs2)[C@H](C)O)[C@H](O[C@@H]2O[C@@H](OC)[C@H](O)[C@@H](OC(N)=O)[C@H]2O)[C@H](O)[C@H]1O.Cl. The summed E-state index contributed by atoms with van der Waals surface area (Å²) in [6.07, 6.45) is -19.5. The molecule has 0 aliphatic carbocycles. The lowest BCUT2D eigenvalue weighted by atomic mass is 9.96. The quantitative estimate of drug-likeness (QED) is 0.0151. The number of aromatic nitrogens is 6. The van der Waals surface area contributed by atoms with Gasteiger partial charge in [-0.2, -0.15) is 0 Å². The Balaban J connectivity index is 0.0000170. The van der Waals surface area contributed by atoms with Crippen molar-refractivity contribution in [1.82, 2.24) is 61.8 Å². The molecule has 97 heavy (non-hydrogen) atoms. The van der Waals surface area contributed by atoms with Gasteiger partial charge in [-0.05, 0) is 31.7 Å². The summed E-state index contributed by atoms with van der Waals surface area (Å²) in [5, 5.41) is 88.1. The molecule has 2 aliphatic rings. The summed E-state index contributed by atoms with van der Waals surface area (Å²) < 4.78 is 39.4. The van der Waals surface area contributed by atoms with Crippen molar-refractivity contribution in [2.75, 3.05) is 57.9 Å². The van der Waals surface area contributed by atoms with Crippen LogP contribution in [-0.2, 0) is 74.4 Å². The first kappa shape index (κ1) is 80.7. The molecule has 0 spiro atoms. The monoisotopic (exact) mass is 1450 g/mol. The van der Waals surface area contributed by atoms with Crippen LogP contribution >= 0.6 is 35.1 Å². The summed E-state index contributed by atoms with van der Waals surface area (Å²) >= 11 is 2.54. The number of rotatable bonds is 35. The Hall–Kier alpha value is -7.01. The molecule has 0 bridgehead atoms. The highest BCUT2D eigenvalue weighted by Crippen LogP contribution is 2.35. The molecule has 540 valence electrons. The first-order valence-corrected chi connectivity index (χ1v) is 33.7. The molecule has 4 aromatic rings. The van der Waals surface area contributed by atoms with Gasteiger partial charge in [0.15, 0.2) is 31.3 Å². The van der Waals surface area contributed by atoms with Gasteiger partial charge in [0.25, 0.3) is 11.8 Å². The van der Waals surface area contributed by atoms with Crippen molar-refractivity contribution in [3.8, 4) is 10.7 Å². The van der Waals surface area contributed by atoms with E-state index in [4.69, 9.17) is 61.8 Å². The summed E-state index contributed by atoms with van der Waals surface area (Å²) in [5.41, 5.74) is 28.2. The summed E-state index contributed by atoms with van der Waals surface area (Å²) in [7, 11) is 2.40. The third kappa shape index (κ3) is 21.7. The number of hydrogen-bond acceptors (Lipinski definition) is 31. The molecule has 38 nitrogen and oxygen atoms in total. The number of anilines is 1. The summed E-state index contributed by atoms with van der Waals surface area (Å²) in [6.45, 7) is 5.27. The van der Waals surface area contributed by atoms with Crippen molar-refractivity contribution in [3.05, 3.63) is 56.8 Å². The van der Waals surface area contributed by atoms with E-state index in [-0.39, 0.29) is 77.3 Å². The third-order valence-electron chi connectivity index (χ3n) is 15.1. The van der Waals surface area contributed by atoms with E-state index in [0.717, 1.165) is 38.9 Å². The fourth-order valence-electron chi connectivity index (χ4n) is 9.69. The Morgan fingerprint density at radius 3 is 2.06 bits per heavy atom. The van der Waals surface area contributed by atoms with E-state index in [2.05, 4.69) is 74.3 Å². The number of nitrogens with two attached hydrogens (primary N) is 5. The predicted octanol–water partition coefficient (Wildman–Crippen LogP) is -6.06. The van der Waals surface area contributed by atoms with Gasteiger partial charge in [-0.15, -0.1) is 35.1 Å². The number of nitrogens with zero attached hydrogens (tertiary/aromatic N) is 5. The normalized spacial score (nSPS) is 23.8. The standard InChI is InChI=1S/C55H83N17O21S3.ClH/c1-20-31(69-44(72-42(20)58)25(14-29(57)74)64-15-24(56)43(59)80)48(84)71-33(39(26-16-61-19-65-26)89-54-41(35(76)36(77)51(87-5)93-54)90-53-38(79)40(91-55(60)86)37(78)52(88-6)92-53)49(85)66-22(3)34(75)21(2)45(81)70-32(23(4)73)47(83)63-12-10-30-67-28(18-94-30)50-68-27(17-95-50)46(82)62-11-9-13-96(7)8;/h16-19,21-25,32-41,51-54,64,73,75-79H,9-15,56H2,1-8H3,(H13-,57,58,59,60,61,62,63,65,66,69,70,71,72,74,80,81,82,83,84,85,86);1H/p+1/t21-,22+,23-,24-,25-,32-,33-,34-,35+,36+,37+,38+,39-,40+,41+,51-,52+,53+,54-;/m0./s1. The predicted molar refractivity (Wildman–Crippen MR) is 346 cm³/mol. The van der Waals surface area contributed by atoms with Crippen LogP contribution in [0, 0.1) is 12.8 Å². The number of halogens is 1. The van der Waals surface area contributed by atoms with Crippen LogP contribution in [0.1, 0.15) is 88.8 Å². The van der Waals surface area contributed by atoms with Gasteiger partial charge in [0, 0.05) is 69.4 Å². The number of amides is 8. The highest BCUT2D eigenvalue weighted by atomic mass is 35.5. The van der Waals surface area contributed by atoms with Crippen LogP contribution in [0.3, 0.4) is 0 Å². The zero-order chi connectivity index (χ0) is 71.0. The van der Waals surface area contributed by atoms with E-state index in [1.54, 1.807) is 10.8 Å². The van der Waals surface area contributed by atoms with Gasteiger partial charge in [-0.1, -0.05) is 6.92 Å². The van der Waals surface area contributed by atoms with Crippen LogP contribution in [-0.4, -0.2) is 258 Å².